The van der Waals surface area contributed by atoms with Crippen molar-refractivity contribution in [3.8, 4) is 0 Å². The molecule has 3 unspecified atom stereocenters. The van der Waals surface area contributed by atoms with Crippen molar-refractivity contribution in [2.75, 3.05) is 19.8 Å². The van der Waals surface area contributed by atoms with E-state index >= 15 is 0 Å². The Kier molecular flexibility index (Phi) is 5.57. The van der Waals surface area contributed by atoms with Gasteiger partial charge in [-0.3, -0.25) is 0 Å². The molecule has 1 aliphatic heterocycles. The second-order valence-electron chi connectivity index (χ2n) is 3.89. The lowest BCUT2D eigenvalue weighted by atomic mass is 10.2. The van der Waals surface area contributed by atoms with Crippen molar-refractivity contribution in [1.29, 1.82) is 0 Å². The van der Waals surface area contributed by atoms with Crippen LogP contribution in [0.25, 0.3) is 0 Å². The van der Waals surface area contributed by atoms with Crippen LogP contribution in [0.1, 0.15) is 6.92 Å². The standard InChI is InChI=1S/C11H18O6/c1-3-10(13)17-5-8(12)4-16-9-6-15-7(2)11(9)14/h3,7-9,11-12,14H,1,4-6H2,2H3/t7?,8?,9-,11?/m0/s1. The highest BCUT2D eigenvalue weighted by Crippen LogP contribution is 2.16. The van der Waals surface area contributed by atoms with Crippen LogP contribution in [0.3, 0.4) is 0 Å². The van der Waals surface area contributed by atoms with Crippen LogP contribution < -0.4 is 0 Å². The van der Waals surface area contributed by atoms with E-state index in [0.29, 0.717) is 6.61 Å². The molecule has 1 aliphatic rings. The summed E-state index contributed by atoms with van der Waals surface area (Å²) in [5.41, 5.74) is 0. The molecule has 0 aromatic carbocycles. The van der Waals surface area contributed by atoms with Gasteiger partial charge in [-0.2, -0.15) is 0 Å². The van der Waals surface area contributed by atoms with Gasteiger partial charge in [0.05, 0.1) is 19.3 Å². The summed E-state index contributed by atoms with van der Waals surface area (Å²) in [7, 11) is 0. The number of rotatable bonds is 6. The Morgan fingerprint density at radius 3 is 2.88 bits per heavy atom. The summed E-state index contributed by atoms with van der Waals surface area (Å²) in [5.74, 6) is -0.595. The molecule has 0 saturated carbocycles. The molecule has 1 rings (SSSR count). The Labute approximate surface area is 99.8 Å². The first-order chi connectivity index (χ1) is 8.04. The molecule has 0 spiro atoms. The fraction of sp³-hybridized carbons (Fsp3) is 0.727. The molecule has 1 heterocycles. The third kappa shape index (κ3) is 4.43. The topological polar surface area (TPSA) is 85.2 Å². The molecule has 98 valence electrons. The Morgan fingerprint density at radius 1 is 1.65 bits per heavy atom. The predicted octanol–water partition coefficient (Wildman–Crippen LogP) is -0.759. The molecular weight excluding hydrogens is 228 g/mol. The second-order valence-corrected chi connectivity index (χ2v) is 3.89. The van der Waals surface area contributed by atoms with Crippen LogP contribution in [0.15, 0.2) is 12.7 Å². The fourth-order valence-electron chi connectivity index (χ4n) is 1.41. The Hall–Kier alpha value is -0.950. The number of aliphatic hydroxyl groups is 2. The van der Waals surface area contributed by atoms with Gasteiger partial charge in [-0.15, -0.1) is 0 Å². The monoisotopic (exact) mass is 246 g/mol. The number of esters is 1. The summed E-state index contributed by atoms with van der Waals surface area (Å²) in [6.45, 7) is 5.08. The minimum absolute atomic E-state index is 0.0256. The van der Waals surface area contributed by atoms with Crippen LogP contribution >= 0.6 is 0 Å². The van der Waals surface area contributed by atoms with Gasteiger partial charge in [0.2, 0.25) is 0 Å². The molecule has 17 heavy (non-hydrogen) atoms. The van der Waals surface area contributed by atoms with Crippen LogP contribution in [-0.2, 0) is 19.0 Å². The molecule has 0 radical (unpaired) electrons. The molecule has 0 amide bonds. The Balaban J connectivity index is 2.17. The smallest absolute Gasteiger partial charge is 0.330 e. The van der Waals surface area contributed by atoms with Crippen molar-refractivity contribution >= 4 is 5.97 Å². The largest absolute Gasteiger partial charge is 0.460 e. The zero-order chi connectivity index (χ0) is 12.8. The maximum absolute atomic E-state index is 10.7. The van der Waals surface area contributed by atoms with Crippen LogP contribution in [-0.4, -0.2) is 60.4 Å². The minimum Gasteiger partial charge on any atom is -0.460 e. The molecule has 0 bridgehead atoms. The van der Waals surface area contributed by atoms with Crippen LogP contribution in [0.5, 0.6) is 0 Å². The molecule has 1 saturated heterocycles. The number of aliphatic hydroxyl groups excluding tert-OH is 2. The van der Waals surface area contributed by atoms with Crippen molar-refractivity contribution in [1.82, 2.24) is 0 Å². The van der Waals surface area contributed by atoms with Gasteiger partial charge in [-0.25, -0.2) is 4.79 Å². The summed E-state index contributed by atoms with van der Waals surface area (Å²) in [6, 6.07) is 0. The molecule has 2 N–H and O–H groups in total. The summed E-state index contributed by atoms with van der Waals surface area (Å²) in [5, 5.41) is 19.0. The molecule has 0 aliphatic carbocycles. The van der Waals surface area contributed by atoms with Crippen molar-refractivity contribution in [2.24, 2.45) is 0 Å². The van der Waals surface area contributed by atoms with E-state index in [1.54, 1.807) is 6.92 Å². The van der Waals surface area contributed by atoms with Gasteiger partial charge in [0.1, 0.15) is 24.9 Å². The van der Waals surface area contributed by atoms with Gasteiger partial charge in [0, 0.05) is 6.08 Å². The van der Waals surface area contributed by atoms with Gasteiger partial charge in [-0.05, 0) is 6.92 Å². The molecule has 0 aromatic rings. The van der Waals surface area contributed by atoms with Gasteiger partial charge < -0.3 is 24.4 Å². The van der Waals surface area contributed by atoms with E-state index < -0.39 is 24.3 Å². The van der Waals surface area contributed by atoms with E-state index in [4.69, 9.17) is 9.47 Å². The molecule has 6 nitrogen and oxygen atoms in total. The molecular formula is C11H18O6. The number of carbonyl (C=O) groups is 1. The summed E-state index contributed by atoms with van der Waals surface area (Å²) >= 11 is 0. The zero-order valence-corrected chi connectivity index (χ0v) is 9.74. The van der Waals surface area contributed by atoms with Crippen molar-refractivity contribution in [3.63, 3.8) is 0 Å². The average Bonchev–Trinajstić information content (AvgIpc) is 2.64. The summed E-state index contributed by atoms with van der Waals surface area (Å²) in [6.07, 6.45) is -1.32. The molecule has 6 heteroatoms. The van der Waals surface area contributed by atoms with E-state index in [0.717, 1.165) is 6.08 Å². The number of ether oxygens (including phenoxy) is 3. The maximum Gasteiger partial charge on any atom is 0.330 e. The SMILES string of the molecule is C=CC(=O)OCC(O)CO[C@H]1COC(C)C1O. The van der Waals surface area contributed by atoms with E-state index in [-0.39, 0.29) is 19.3 Å². The van der Waals surface area contributed by atoms with E-state index in [9.17, 15) is 15.0 Å². The molecule has 4 atom stereocenters. The highest BCUT2D eigenvalue weighted by molar-refractivity contribution is 5.81. The van der Waals surface area contributed by atoms with Gasteiger partial charge in [0.25, 0.3) is 0 Å². The quantitative estimate of drug-likeness (QED) is 0.473. The molecule has 1 fully saturated rings. The van der Waals surface area contributed by atoms with Crippen LogP contribution in [0.2, 0.25) is 0 Å². The minimum atomic E-state index is -0.929. The first-order valence-corrected chi connectivity index (χ1v) is 5.43. The van der Waals surface area contributed by atoms with Crippen LogP contribution in [0.4, 0.5) is 0 Å². The predicted molar refractivity (Wildman–Crippen MR) is 58.3 cm³/mol. The number of hydrogen-bond acceptors (Lipinski definition) is 6. The lowest BCUT2D eigenvalue weighted by Gasteiger charge is -2.17. The van der Waals surface area contributed by atoms with E-state index in [1.165, 1.54) is 0 Å². The average molecular weight is 246 g/mol. The highest BCUT2D eigenvalue weighted by atomic mass is 16.6. The first-order valence-electron chi connectivity index (χ1n) is 5.43. The maximum atomic E-state index is 10.7. The van der Waals surface area contributed by atoms with Gasteiger partial charge in [0.15, 0.2) is 0 Å². The Bertz CT molecular complexity index is 267. The fourth-order valence-corrected chi connectivity index (χ4v) is 1.41. The van der Waals surface area contributed by atoms with Crippen molar-refractivity contribution in [2.45, 2.75) is 31.3 Å². The zero-order valence-electron chi connectivity index (χ0n) is 9.74. The normalized spacial score (nSPS) is 29.9. The van der Waals surface area contributed by atoms with Gasteiger partial charge in [-0.1, -0.05) is 6.58 Å². The lowest BCUT2D eigenvalue weighted by Crippen LogP contribution is -2.34. The van der Waals surface area contributed by atoms with Crippen molar-refractivity contribution < 1.29 is 29.2 Å². The summed E-state index contributed by atoms with van der Waals surface area (Å²) in [4.78, 5) is 10.7. The highest BCUT2D eigenvalue weighted by Gasteiger charge is 2.33. The van der Waals surface area contributed by atoms with Crippen molar-refractivity contribution in [3.05, 3.63) is 12.7 Å². The first kappa shape index (κ1) is 14.1. The van der Waals surface area contributed by atoms with E-state index in [2.05, 4.69) is 11.3 Å². The third-order valence-corrected chi connectivity index (χ3v) is 2.47. The Morgan fingerprint density at radius 2 is 2.35 bits per heavy atom. The molecule has 0 aromatic heterocycles. The van der Waals surface area contributed by atoms with Gasteiger partial charge >= 0.3 is 5.97 Å². The number of hydrogen-bond donors (Lipinski definition) is 2. The van der Waals surface area contributed by atoms with Crippen LogP contribution in [0, 0.1) is 0 Å². The second kappa shape index (κ2) is 6.70. The summed E-state index contributed by atoms with van der Waals surface area (Å²) < 4.78 is 15.1. The third-order valence-electron chi connectivity index (χ3n) is 2.47. The lowest BCUT2D eigenvalue weighted by molar-refractivity contribution is -0.142. The van der Waals surface area contributed by atoms with E-state index in [1.807, 2.05) is 0 Å². The number of carbonyl (C=O) groups excluding carboxylic acids is 1.